The predicted octanol–water partition coefficient (Wildman–Crippen LogP) is 2.31. The monoisotopic (exact) mass is 323 g/mol. The van der Waals surface area contributed by atoms with Gasteiger partial charge in [-0.05, 0) is 55.3 Å². The van der Waals surface area contributed by atoms with Crippen molar-refractivity contribution in [2.45, 2.75) is 13.8 Å². The molecule has 1 aliphatic rings. The Balaban J connectivity index is 2.06. The van der Waals surface area contributed by atoms with Crippen molar-refractivity contribution in [3.8, 4) is 0 Å². The second kappa shape index (κ2) is 5.81. The van der Waals surface area contributed by atoms with Gasteiger partial charge in [0.2, 0.25) is 0 Å². The van der Waals surface area contributed by atoms with E-state index in [1.807, 2.05) is 39.2 Å². The van der Waals surface area contributed by atoms with Crippen molar-refractivity contribution in [3.05, 3.63) is 58.9 Å². The molecule has 6 nitrogen and oxygen atoms in total. The van der Waals surface area contributed by atoms with E-state index in [1.165, 1.54) is 6.08 Å². The van der Waals surface area contributed by atoms with Gasteiger partial charge in [-0.15, -0.1) is 0 Å². The summed E-state index contributed by atoms with van der Waals surface area (Å²) >= 11 is 0. The smallest absolute Gasteiger partial charge is 0.335 e. The van der Waals surface area contributed by atoms with E-state index in [2.05, 4.69) is 5.32 Å². The highest BCUT2D eigenvalue weighted by Crippen LogP contribution is 2.24. The number of rotatable bonds is 2. The lowest BCUT2D eigenvalue weighted by molar-refractivity contribution is -0.122. The molecule has 1 N–H and O–H groups in total. The van der Waals surface area contributed by atoms with Crippen molar-refractivity contribution in [1.82, 2.24) is 9.88 Å². The predicted molar refractivity (Wildman–Crippen MR) is 90.3 cm³/mol. The molecule has 0 aliphatic carbocycles. The van der Waals surface area contributed by atoms with Gasteiger partial charge in [0.15, 0.2) is 0 Å². The van der Waals surface area contributed by atoms with E-state index >= 15 is 0 Å². The topological polar surface area (TPSA) is 71.4 Å². The summed E-state index contributed by atoms with van der Waals surface area (Å²) in [6.07, 6.45) is 3.30. The van der Waals surface area contributed by atoms with E-state index in [-0.39, 0.29) is 5.57 Å². The highest BCUT2D eigenvalue weighted by atomic mass is 16.2. The summed E-state index contributed by atoms with van der Waals surface area (Å²) in [5.74, 6) is -1.32. The Morgan fingerprint density at radius 1 is 1.04 bits per heavy atom. The normalized spacial score (nSPS) is 16.7. The number of nitrogens with zero attached hydrogens (tertiary/aromatic N) is 2. The average Bonchev–Trinajstić information content (AvgIpc) is 2.87. The van der Waals surface area contributed by atoms with Crippen LogP contribution in [0.2, 0.25) is 0 Å². The number of benzene rings is 1. The molecule has 6 heteroatoms. The van der Waals surface area contributed by atoms with Crippen LogP contribution in [0.3, 0.4) is 0 Å². The summed E-state index contributed by atoms with van der Waals surface area (Å²) in [4.78, 5) is 38.1. The van der Waals surface area contributed by atoms with Crippen molar-refractivity contribution in [3.63, 3.8) is 0 Å². The number of anilines is 1. The SMILES string of the molecule is Cc1cc(C)cc(N2C(=O)NC(=O)/C(=C\c3cccn3C)C2=O)c1. The van der Waals surface area contributed by atoms with Crippen LogP contribution in [0.25, 0.3) is 6.08 Å². The number of amides is 4. The van der Waals surface area contributed by atoms with Gasteiger partial charge in [-0.1, -0.05) is 6.07 Å². The third-order valence-electron chi connectivity index (χ3n) is 3.84. The molecule has 0 unspecified atom stereocenters. The molecule has 1 aromatic heterocycles. The van der Waals surface area contributed by atoms with Gasteiger partial charge in [0, 0.05) is 18.9 Å². The van der Waals surface area contributed by atoms with Gasteiger partial charge in [-0.2, -0.15) is 0 Å². The Kier molecular flexibility index (Phi) is 3.81. The summed E-state index contributed by atoms with van der Waals surface area (Å²) in [5.41, 5.74) is 2.92. The van der Waals surface area contributed by atoms with Crippen LogP contribution < -0.4 is 10.2 Å². The van der Waals surface area contributed by atoms with Gasteiger partial charge in [-0.25, -0.2) is 9.69 Å². The molecule has 0 saturated carbocycles. The van der Waals surface area contributed by atoms with Gasteiger partial charge in [0.05, 0.1) is 5.69 Å². The highest BCUT2D eigenvalue weighted by molar-refractivity contribution is 6.39. The minimum Gasteiger partial charge on any atom is -0.351 e. The second-order valence-corrected chi connectivity index (χ2v) is 5.85. The fourth-order valence-electron chi connectivity index (χ4n) is 2.74. The largest absolute Gasteiger partial charge is 0.351 e. The Bertz CT molecular complexity index is 872. The summed E-state index contributed by atoms with van der Waals surface area (Å²) in [7, 11) is 1.81. The standard InChI is InChI=1S/C18H17N3O3/c1-11-7-12(2)9-14(8-11)21-17(23)15(16(22)19-18(21)24)10-13-5-4-6-20(13)3/h4-10H,1-3H3,(H,19,22,24)/b15-10+. The Morgan fingerprint density at radius 2 is 1.71 bits per heavy atom. The Morgan fingerprint density at radius 3 is 2.29 bits per heavy atom. The van der Waals surface area contributed by atoms with E-state index in [1.54, 1.807) is 22.8 Å². The van der Waals surface area contributed by atoms with Gasteiger partial charge in [-0.3, -0.25) is 14.9 Å². The van der Waals surface area contributed by atoms with Crippen LogP contribution >= 0.6 is 0 Å². The van der Waals surface area contributed by atoms with Crippen LogP contribution in [0.1, 0.15) is 16.8 Å². The lowest BCUT2D eigenvalue weighted by Gasteiger charge is -2.27. The quantitative estimate of drug-likeness (QED) is 0.681. The summed E-state index contributed by atoms with van der Waals surface area (Å²) < 4.78 is 1.78. The number of aromatic nitrogens is 1. The van der Waals surface area contributed by atoms with Gasteiger partial charge in [0.25, 0.3) is 11.8 Å². The van der Waals surface area contributed by atoms with Crippen LogP contribution in [-0.2, 0) is 16.6 Å². The first-order chi connectivity index (χ1) is 11.4. The Hall–Kier alpha value is -3.15. The van der Waals surface area contributed by atoms with E-state index in [0.717, 1.165) is 16.0 Å². The highest BCUT2D eigenvalue weighted by Gasteiger charge is 2.37. The second-order valence-electron chi connectivity index (χ2n) is 5.85. The fraction of sp³-hybridized carbons (Fsp3) is 0.167. The molecule has 0 atom stereocenters. The summed E-state index contributed by atoms with van der Waals surface area (Å²) in [5, 5.41) is 2.23. The molecule has 2 heterocycles. The maximum absolute atomic E-state index is 12.8. The first-order valence-corrected chi connectivity index (χ1v) is 7.48. The number of carbonyl (C=O) groups is 3. The van der Waals surface area contributed by atoms with E-state index in [0.29, 0.717) is 11.4 Å². The minimum absolute atomic E-state index is 0.0736. The molecule has 3 rings (SSSR count). The lowest BCUT2D eigenvalue weighted by atomic mass is 10.1. The molecular weight excluding hydrogens is 306 g/mol. The Labute approximate surface area is 139 Å². The third-order valence-corrected chi connectivity index (χ3v) is 3.84. The van der Waals surface area contributed by atoms with Crippen molar-refractivity contribution >= 4 is 29.6 Å². The molecule has 122 valence electrons. The molecule has 1 aromatic carbocycles. The minimum atomic E-state index is -0.737. The maximum Gasteiger partial charge on any atom is 0.335 e. The first-order valence-electron chi connectivity index (χ1n) is 7.48. The number of imide groups is 2. The van der Waals surface area contributed by atoms with Crippen molar-refractivity contribution in [2.75, 3.05) is 4.90 Å². The lowest BCUT2D eigenvalue weighted by Crippen LogP contribution is -2.54. The van der Waals surface area contributed by atoms with Crippen LogP contribution in [0, 0.1) is 13.8 Å². The molecule has 2 aromatic rings. The van der Waals surface area contributed by atoms with Gasteiger partial charge in [0.1, 0.15) is 5.57 Å². The van der Waals surface area contributed by atoms with Crippen LogP contribution in [0.15, 0.2) is 42.1 Å². The number of hydrogen-bond acceptors (Lipinski definition) is 3. The number of aryl methyl sites for hydroxylation is 3. The zero-order valence-electron chi connectivity index (χ0n) is 13.7. The summed E-state index contributed by atoms with van der Waals surface area (Å²) in [6.45, 7) is 3.77. The maximum atomic E-state index is 12.8. The molecule has 4 amide bonds. The van der Waals surface area contributed by atoms with Crippen molar-refractivity contribution in [1.29, 1.82) is 0 Å². The third kappa shape index (κ3) is 2.74. The fourth-order valence-corrected chi connectivity index (χ4v) is 2.74. The molecule has 0 radical (unpaired) electrons. The molecule has 1 fully saturated rings. The van der Waals surface area contributed by atoms with Crippen molar-refractivity contribution in [2.24, 2.45) is 7.05 Å². The number of nitrogens with one attached hydrogen (secondary N) is 1. The average molecular weight is 323 g/mol. The number of hydrogen-bond donors (Lipinski definition) is 1. The molecule has 24 heavy (non-hydrogen) atoms. The molecule has 0 spiro atoms. The number of barbiturate groups is 1. The summed E-state index contributed by atoms with van der Waals surface area (Å²) in [6, 6.07) is 8.28. The van der Waals surface area contributed by atoms with Gasteiger partial charge < -0.3 is 4.57 Å². The van der Waals surface area contributed by atoms with Crippen LogP contribution in [-0.4, -0.2) is 22.4 Å². The number of carbonyl (C=O) groups excluding carboxylic acids is 3. The van der Waals surface area contributed by atoms with E-state index in [9.17, 15) is 14.4 Å². The first kappa shape index (κ1) is 15.7. The zero-order chi connectivity index (χ0) is 17.4. The van der Waals surface area contributed by atoms with Crippen LogP contribution in [0.5, 0.6) is 0 Å². The van der Waals surface area contributed by atoms with Crippen LogP contribution in [0.4, 0.5) is 10.5 Å². The van der Waals surface area contributed by atoms with Gasteiger partial charge >= 0.3 is 6.03 Å². The molecule has 1 saturated heterocycles. The van der Waals surface area contributed by atoms with E-state index < -0.39 is 17.8 Å². The van der Waals surface area contributed by atoms with E-state index in [4.69, 9.17) is 0 Å². The van der Waals surface area contributed by atoms with Crippen molar-refractivity contribution < 1.29 is 14.4 Å². The number of urea groups is 1. The molecular formula is C18H17N3O3. The molecule has 0 bridgehead atoms. The molecule has 1 aliphatic heterocycles. The zero-order valence-corrected chi connectivity index (χ0v) is 13.7.